The molecule has 2 amide bonds. The molecule has 0 spiro atoms. The van der Waals surface area contributed by atoms with Crippen LogP contribution in [0.25, 0.3) is 6.08 Å². The minimum atomic E-state index is -0.347. The highest BCUT2D eigenvalue weighted by Crippen LogP contribution is 2.32. The van der Waals surface area contributed by atoms with Crippen molar-refractivity contribution in [3.05, 3.63) is 77.2 Å². The van der Waals surface area contributed by atoms with E-state index in [1.54, 1.807) is 17.2 Å². The number of nitrogens with zero attached hydrogens (tertiary/aromatic N) is 2. The lowest BCUT2D eigenvalue weighted by Crippen LogP contribution is -2.38. The molecule has 5 nitrogen and oxygen atoms in total. The molecule has 0 aromatic heterocycles. The van der Waals surface area contributed by atoms with E-state index in [0.29, 0.717) is 6.54 Å². The van der Waals surface area contributed by atoms with Gasteiger partial charge in [-0.05, 0) is 49.0 Å². The van der Waals surface area contributed by atoms with Gasteiger partial charge >= 0.3 is 0 Å². The van der Waals surface area contributed by atoms with Crippen LogP contribution >= 0.6 is 0 Å². The smallest absolute Gasteiger partial charge is 0.223 e. The molecule has 2 aromatic rings. The third kappa shape index (κ3) is 4.90. The lowest BCUT2D eigenvalue weighted by atomic mass is 9.93. The van der Waals surface area contributed by atoms with Crippen molar-refractivity contribution >= 4 is 17.9 Å². The van der Waals surface area contributed by atoms with E-state index in [2.05, 4.69) is 5.32 Å². The quantitative estimate of drug-likeness (QED) is 0.814. The molecule has 0 unspecified atom stereocenters. The summed E-state index contributed by atoms with van der Waals surface area (Å²) in [6, 6.07) is 13.7. The number of fused-ring (bicyclic) bond motifs is 1. The van der Waals surface area contributed by atoms with Gasteiger partial charge in [-0.25, -0.2) is 4.39 Å². The third-order valence-electron chi connectivity index (χ3n) is 5.20. The first-order valence-electron chi connectivity index (χ1n) is 9.61. The van der Waals surface area contributed by atoms with Crippen molar-refractivity contribution in [1.29, 1.82) is 0 Å². The number of nitrogens with one attached hydrogen (secondary N) is 1. The summed E-state index contributed by atoms with van der Waals surface area (Å²) in [7, 11) is 3.78. The van der Waals surface area contributed by atoms with E-state index in [-0.39, 0.29) is 36.1 Å². The topological polar surface area (TPSA) is 52.7 Å². The van der Waals surface area contributed by atoms with E-state index in [1.807, 2.05) is 55.4 Å². The van der Waals surface area contributed by atoms with Gasteiger partial charge in [0, 0.05) is 19.7 Å². The number of carbonyl (C=O) groups is 2. The summed E-state index contributed by atoms with van der Waals surface area (Å²) in [5.41, 5.74) is 2.76. The first-order valence-corrected chi connectivity index (χ1v) is 9.61. The molecule has 1 aliphatic heterocycles. The first kappa shape index (κ1) is 20.7. The molecule has 6 heteroatoms. The first-order chi connectivity index (χ1) is 13.9. The second-order valence-electron chi connectivity index (χ2n) is 7.43. The summed E-state index contributed by atoms with van der Waals surface area (Å²) in [6.45, 7) is 1.84. The molecule has 0 saturated carbocycles. The molecule has 0 saturated heterocycles. The lowest BCUT2D eigenvalue weighted by molar-refractivity contribution is -0.130. The predicted octanol–water partition coefficient (Wildman–Crippen LogP) is 3.51. The zero-order chi connectivity index (χ0) is 21.0. The van der Waals surface area contributed by atoms with E-state index in [9.17, 15) is 14.0 Å². The van der Waals surface area contributed by atoms with Crippen molar-refractivity contribution in [2.75, 3.05) is 20.6 Å². The van der Waals surface area contributed by atoms with Gasteiger partial charge in [0.1, 0.15) is 5.82 Å². The number of benzene rings is 2. The van der Waals surface area contributed by atoms with E-state index < -0.39 is 0 Å². The molecule has 2 atom stereocenters. The Morgan fingerprint density at radius 3 is 2.62 bits per heavy atom. The highest BCUT2D eigenvalue weighted by Gasteiger charge is 2.28. The Bertz CT molecular complexity index is 926. The van der Waals surface area contributed by atoms with Crippen LogP contribution in [0.1, 0.15) is 42.1 Å². The van der Waals surface area contributed by atoms with Crippen molar-refractivity contribution in [3.63, 3.8) is 0 Å². The largest absolute Gasteiger partial charge is 0.354 e. The van der Waals surface area contributed by atoms with E-state index >= 15 is 0 Å². The molecule has 1 N–H and O–H groups in total. The maximum Gasteiger partial charge on any atom is 0.223 e. The fraction of sp³-hybridized carbons (Fsp3) is 0.304. The second kappa shape index (κ2) is 9.01. The summed E-state index contributed by atoms with van der Waals surface area (Å²) in [5, 5.41) is 2.95. The summed E-state index contributed by atoms with van der Waals surface area (Å²) < 4.78 is 13.6. The molecule has 152 valence electrons. The van der Waals surface area contributed by atoms with Crippen LogP contribution in [0.4, 0.5) is 4.39 Å². The summed E-state index contributed by atoms with van der Waals surface area (Å²) in [5.74, 6) is -0.572. The van der Waals surface area contributed by atoms with Gasteiger partial charge < -0.3 is 15.1 Å². The Balaban J connectivity index is 1.71. The molecule has 0 bridgehead atoms. The SMILES string of the molecule is CC(=O)N1C=Cc2ccccc2[C@@H]1CC(=O)NC[C@@H](c1cccc(F)c1)N(C)C. The van der Waals surface area contributed by atoms with Crippen molar-refractivity contribution in [2.24, 2.45) is 0 Å². The van der Waals surface area contributed by atoms with Crippen molar-refractivity contribution < 1.29 is 14.0 Å². The number of rotatable bonds is 6. The predicted molar refractivity (Wildman–Crippen MR) is 111 cm³/mol. The Morgan fingerprint density at radius 1 is 1.17 bits per heavy atom. The average molecular weight is 395 g/mol. The van der Waals surface area contributed by atoms with Crippen LogP contribution in [0.15, 0.2) is 54.7 Å². The summed E-state index contributed by atoms with van der Waals surface area (Å²) >= 11 is 0. The molecule has 3 rings (SSSR count). The molecule has 0 aliphatic carbocycles. The lowest BCUT2D eigenvalue weighted by Gasteiger charge is -2.32. The molecule has 0 fully saturated rings. The van der Waals surface area contributed by atoms with Crippen molar-refractivity contribution in [2.45, 2.75) is 25.4 Å². The third-order valence-corrected chi connectivity index (χ3v) is 5.20. The van der Waals surface area contributed by atoms with Crippen LogP contribution in [0.2, 0.25) is 0 Å². The molecule has 1 heterocycles. The van der Waals surface area contributed by atoms with Crippen LogP contribution in [-0.2, 0) is 9.59 Å². The highest BCUT2D eigenvalue weighted by molar-refractivity contribution is 5.81. The monoisotopic (exact) mass is 395 g/mol. The number of halogens is 1. The van der Waals surface area contributed by atoms with Crippen molar-refractivity contribution in [1.82, 2.24) is 15.1 Å². The van der Waals surface area contributed by atoms with Gasteiger partial charge in [0.05, 0.1) is 18.5 Å². The van der Waals surface area contributed by atoms with Crippen LogP contribution in [0, 0.1) is 5.82 Å². The van der Waals surface area contributed by atoms with E-state index in [0.717, 1.165) is 16.7 Å². The average Bonchev–Trinajstić information content (AvgIpc) is 2.68. The van der Waals surface area contributed by atoms with Gasteiger partial charge in [0.15, 0.2) is 0 Å². The van der Waals surface area contributed by atoms with Crippen LogP contribution in [-0.4, -0.2) is 42.3 Å². The zero-order valence-corrected chi connectivity index (χ0v) is 16.9. The van der Waals surface area contributed by atoms with Gasteiger partial charge in [0.2, 0.25) is 11.8 Å². The van der Waals surface area contributed by atoms with E-state index in [4.69, 9.17) is 0 Å². The van der Waals surface area contributed by atoms with Crippen LogP contribution in [0.5, 0.6) is 0 Å². The maximum absolute atomic E-state index is 13.6. The van der Waals surface area contributed by atoms with Gasteiger partial charge in [-0.2, -0.15) is 0 Å². The standard InChI is InChI=1S/C23H26FN3O2/c1-16(28)27-12-11-17-7-4-5-10-20(17)21(27)14-23(29)25-15-22(26(2)3)18-8-6-9-19(24)13-18/h4-13,21-22H,14-15H2,1-3H3,(H,25,29)/t21-,22-/m0/s1. The number of carbonyl (C=O) groups excluding carboxylic acids is 2. The Morgan fingerprint density at radius 2 is 1.93 bits per heavy atom. The maximum atomic E-state index is 13.6. The number of likely N-dealkylation sites (N-methyl/N-ethyl adjacent to an activating group) is 1. The van der Waals surface area contributed by atoms with Gasteiger partial charge in [-0.1, -0.05) is 36.4 Å². The Labute approximate surface area is 170 Å². The number of amides is 2. The molecule has 0 radical (unpaired) electrons. The summed E-state index contributed by atoms with van der Waals surface area (Å²) in [6.07, 6.45) is 3.78. The van der Waals surface area contributed by atoms with Crippen molar-refractivity contribution in [3.8, 4) is 0 Å². The Hall–Kier alpha value is -2.99. The molecule has 29 heavy (non-hydrogen) atoms. The normalized spacial score (nSPS) is 16.4. The second-order valence-corrected chi connectivity index (χ2v) is 7.43. The van der Waals surface area contributed by atoms with E-state index in [1.165, 1.54) is 19.1 Å². The fourth-order valence-corrected chi connectivity index (χ4v) is 3.68. The molecule has 2 aromatic carbocycles. The van der Waals surface area contributed by atoms with Gasteiger partial charge in [-0.3, -0.25) is 9.59 Å². The molecular weight excluding hydrogens is 369 g/mol. The minimum absolute atomic E-state index is 0.112. The summed E-state index contributed by atoms with van der Waals surface area (Å²) in [4.78, 5) is 28.4. The molecular formula is C23H26FN3O2. The fourth-order valence-electron chi connectivity index (χ4n) is 3.68. The molecule has 1 aliphatic rings. The van der Waals surface area contributed by atoms with Crippen LogP contribution in [0.3, 0.4) is 0 Å². The highest BCUT2D eigenvalue weighted by atomic mass is 19.1. The Kier molecular flexibility index (Phi) is 6.44. The number of hydrogen-bond donors (Lipinski definition) is 1. The minimum Gasteiger partial charge on any atom is -0.354 e. The number of hydrogen-bond acceptors (Lipinski definition) is 3. The van der Waals surface area contributed by atoms with Crippen LogP contribution < -0.4 is 5.32 Å². The van der Waals surface area contributed by atoms with Gasteiger partial charge in [0.25, 0.3) is 0 Å². The zero-order valence-electron chi connectivity index (χ0n) is 16.9. The van der Waals surface area contributed by atoms with Gasteiger partial charge in [-0.15, -0.1) is 0 Å².